The lowest BCUT2D eigenvalue weighted by molar-refractivity contribution is -0.140. The average molecular weight is 388 g/mol. The van der Waals surface area contributed by atoms with Crippen molar-refractivity contribution in [2.24, 2.45) is 5.92 Å². The molecule has 2 fully saturated rings. The van der Waals surface area contributed by atoms with Crippen molar-refractivity contribution in [1.82, 2.24) is 24.8 Å². The van der Waals surface area contributed by atoms with Gasteiger partial charge in [0.2, 0.25) is 5.91 Å². The molecule has 4 heterocycles. The zero-order valence-corrected chi connectivity index (χ0v) is 16.2. The van der Waals surface area contributed by atoms with Crippen LogP contribution in [-0.2, 0) is 11.2 Å². The number of nitrogens with one attached hydrogen (secondary N) is 1. The minimum Gasteiger partial charge on any atom is -0.375 e. The number of fused-ring (bicyclic) bond motifs is 1. The number of nitrogen functional groups attached to an aromatic ring is 1. The van der Waals surface area contributed by atoms with Crippen molar-refractivity contribution in [2.75, 3.05) is 25.4 Å². The fraction of sp³-hybridized carbons (Fsp3) is 0.556. The number of hydrogen-bond donors (Lipinski definition) is 2. The van der Waals surface area contributed by atoms with Crippen LogP contribution in [0, 0.1) is 12.8 Å². The summed E-state index contributed by atoms with van der Waals surface area (Å²) in [5.41, 5.74) is 7.48. The number of nitrogens with zero attached hydrogens (tertiary/aromatic N) is 4. The van der Waals surface area contributed by atoms with E-state index in [9.17, 15) is 9.59 Å². The van der Waals surface area contributed by atoms with E-state index in [0.717, 1.165) is 25.0 Å². The summed E-state index contributed by atoms with van der Waals surface area (Å²) in [5, 5.41) is 0.430. The third kappa shape index (κ3) is 3.55. The van der Waals surface area contributed by atoms with Crippen molar-refractivity contribution >= 4 is 28.3 Å². The molecule has 0 radical (unpaired) electrons. The maximum atomic E-state index is 12.9. The molecule has 0 spiro atoms. The third-order valence-electron chi connectivity index (χ3n) is 5.61. The summed E-state index contributed by atoms with van der Waals surface area (Å²) in [7, 11) is 0. The van der Waals surface area contributed by atoms with E-state index in [1.54, 1.807) is 12.5 Å². The van der Waals surface area contributed by atoms with Crippen LogP contribution in [0.2, 0.25) is 0 Å². The smallest absolute Gasteiger partial charge is 0.265 e. The van der Waals surface area contributed by atoms with Crippen molar-refractivity contribution in [2.45, 2.75) is 38.6 Å². The number of carbonyl (C=O) groups is 2. The van der Waals surface area contributed by atoms with Crippen LogP contribution in [0.5, 0.6) is 0 Å². The predicted octanol–water partition coefficient (Wildman–Crippen LogP) is 1.45. The average Bonchev–Trinajstić information content (AvgIpc) is 3.29. The molecule has 2 aliphatic heterocycles. The number of aryl methyl sites for hydroxylation is 1. The molecule has 8 nitrogen and oxygen atoms in total. The van der Waals surface area contributed by atoms with Crippen LogP contribution in [0.4, 0.5) is 5.13 Å². The number of nitrogens with two attached hydrogens (primary N) is 1. The quantitative estimate of drug-likeness (QED) is 0.824. The molecule has 0 unspecified atom stereocenters. The zero-order valence-electron chi connectivity index (χ0n) is 15.4. The van der Waals surface area contributed by atoms with Crippen LogP contribution in [0.25, 0.3) is 0 Å². The zero-order chi connectivity index (χ0) is 19.0. The van der Waals surface area contributed by atoms with Crippen LogP contribution in [0.1, 0.15) is 40.3 Å². The van der Waals surface area contributed by atoms with E-state index in [1.165, 1.54) is 11.3 Å². The maximum Gasteiger partial charge on any atom is 0.265 e. The molecule has 144 valence electrons. The number of thiazole rings is 1. The van der Waals surface area contributed by atoms with Crippen LogP contribution in [0.3, 0.4) is 0 Å². The molecular formula is C18H24N6O2S. The molecule has 2 atom stereocenters. The van der Waals surface area contributed by atoms with E-state index in [2.05, 4.69) is 15.0 Å². The Hall–Kier alpha value is -2.42. The van der Waals surface area contributed by atoms with Gasteiger partial charge in [-0.1, -0.05) is 11.3 Å². The number of imidazole rings is 1. The molecule has 2 saturated heterocycles. The molecule has 2 aromatic rings. The maximum absolute atomic E-state index is 12.9. The number of amides is 2. The Kier molecular flexibility index (Phi) is 4.86. The van der Waals surface area contributed by atoms with Gasteiger partial charge < -0.3 is 20.5 Å². The summed E-state index contributed by atoms with van der Waals surface area (Å²) in [6.45, 7) is 3.86. The Labute approximate surface area is 161 Å². The van der Waals surface area contributed by atoms with Crippen molar-refractivity contribution in [3.05, 3.63) is 28.8 Å². The highest BCUT2D eigenvalue weighted by atomic mass is 32.1. The van der Waals surface area contributed by atoms with Crippen LogP contribution >= 0.6 is 11.3 Å². The molecule has 9 heteroatoms. The Bertz CT molecular complexity index is 833. The van der Waals surface area contributed by atoms with Gasteiger partial charge in [0.05, 0.1) is 12.0 Å². The first-order valence-electron chi connectivity index (χ1n) is 9.32. The van der Waals surface area contributed by atoms with E-state index in [-0.39, 0.29) is 17.9 Å². The Balaban J connectivity index is 1.43. The van der Waals surface area contributed by atoms with Crippen molar-refractivity contribution in [3.63, 3.8) is 0 Å². The van der Waals surface area contributed by atoms with Gasteiger partial charge in [-0.2, -0.15) is 0 Å². The fourth-order valence-corrected chi connectivity index (χ4v) is 5.05. The summed E-state index contributed by atoms with van der Waals surface area (Å²) < 4.78 is 0. The number of hydrogen-bond acceptors (Lipinski definition) is 6. The monoisotopic (exact) mass is 388 g/mol. The Morgan fingerprint density at radius 1 is 1.44 bits per heavy atom. The molecule has 3 N–H and O–H groups in total. The molecule has 2 aromatic heterocycles. The predicted molar refractivity (Wildman–Crippen MR) is 102 cm³/mol. The van der Waals surface area contributed by atoms with E-state index in [0.29, 0.717) is 47.7 Å². The van der Waals surface area contributed by atoms with Gasteiger partial charge >= 0.3 is 0 Å². The molecule has 0 saturated carbocycles. The van der Waals surface area contributed by atoms with Gasteiger partial charge in [-0.15, -0.1) is 0 Å². The van der Waals surface area contributed by atoms with Gasteiger partial charge in [-0.05, 0) is 25.7 Å². The van der Waals surface area contributed by atoms with Crippen LogP contribution < -0.4 is 5.73 Å². The number of anilines is 1. The van der Waals surface area contributed by atoms with Gasteiger partial charge in [0, 0.05) is 50.4 Å². The molecule has 0 aliphatic carbocycles. The molecule has 0 bridgehead atoms. The molecule has 27 heavy (non-hydrogen) atoms. The summed E-state index contributed by atoms with van der Waals surface area (Å²) in [6.07, 6.45) is 6.45. The van der Waals surface area contributed by atoms with Gasteiger partial charge in [0.25, 0.3) is 5.91 Å². The number of carbonyl (C=O) groups excluding carboxylic acids is 2. The van der Waals surface area contributed by atoms with Crippen molar-refractivity contribution in [1.29, 1.82) is 0 Å². The van der Waals surface area contributed by atoms with Gasteiger partial charge in [-0.3, -0.25) is 9.59 Å². The second-order valence-corrected chi connectivity index (χ2v) is 8.32. The first-order chi connectivity index (χ1) is 13.0. The first kappa shape index (κ1) is 18.0. The van der Waals surface area contributed by atoms with Crippen LogP contribution in [-0.4, -0.2) is 62.2 Å². The Morgan fingerprint density at radius 3 is 3.00 bits per heavy atom. The lowest BCUT2D eigenvalue weighted by atomic mass is 9.83. The summed E-state index contributed by atoms with van der Waals surface area (Å²) in [5.74, 6) is 0.565. The minimum atomic E-state index is 0.0149. The number of H-pyrrole nitrogens is 1. The van der Waals surface area contributed by atoms with Gasteiger partial charge in [0.1, 0.15) is 4.88 Å². The van der Waals surface area contributed by atoms with Gasteiger partial charge in [0.15, 0.2) is 5.13 Å². The van der Waals surface area contributed by atoms with Crippen molar-refractivity contribution in [3.8, 4) is 0 Å². The highest BCUT2D eigenvalue weighted by Gasteiger charge is 2.40. The normalized spacial score (nSPS) is 22.8. The minimum absolute atomic E-state index is 0.0149. The number of aromatic nitrogens is 3. The summed E-state index contributed by atoms with van der Waals surface area (Å²) in [4.78, 5) is 41.2. The standard InChI is InChI=1S/C18H24N6O2S/c1-11-16(27-18(19)22-11)17(26)23-6-5-14-12(9-23)2-3-15(25)24(14)7-4-13-8-20-10-21-13/h8,10,12,14H,2-7,9H2,1H3,(H2,19,22)(H,20,21)/t12-,14+/m0/s1. The lowest BCUT2D eigenvalue weighted by Gasteiger charge is -2.47. The summed E-state index contributed by atoms with van der Waals surface area (Å²) >= 11 is 1.25. The molecular weight excluding hydrogens is 364 g/mol. The molecule has 4 rings (SSSR count). The lowest BCUT2D eigenvalue weighted by Crippen LogP contribution is -2.57. The molecule has 2 amide bonds. The highest BCUT2D eigenvalue weighted by molar-refractivity contribution is 7.17. The second-order valence-electron chi connectivity index (χ2n) is 7.29. The highest BCUT2D eigenvalue weighted by Crippen LogP contribution is 2.33. The van der Waals surface area contributed by atoms with E-state index in [4.69, 9.17) is 5.73 Å². The first-order valence-corrected chi connectivity index (χ1v) is 10.1. The third-order valence-corrected chi connectivity index (χ3v) is 6.59. The summed E-state index contributed by atoms with van der Waals surface area (Å²) in [6, 6.07) is 0.214. The second kappa shape index (κ2) is 7.30. The number of aromatic amines is 1. The SMILES string of the molecule is Cc1nc(N)sc1C(=O)N1CC[C@@H]2[C@@H](CCC(=O)N2CCc2cnc[nH]2)C1. The van der Waals surface area contributed by atoms with E-state index in [1.807, 2.05) is 16.7 Å². The molecule has 2 aliphatic rings. The topological polar surface area (TPSA) is 108 Å². The molecule has 0 aromatic carbocycles. The Morgan fingerprint density at radius 2 is 2.30 bits per heavy atom. The van der Waals surface area contributed by atoms with Crippen molar-refractivity contribution < 1.29 is 9.59 Å². The number of rotatable bonds is 4. The van der Waals surface area contributed by atoms with E-state index >= 15 is 0 Å². The number of likely N-dealkylation sites (tertiary alicyclic amines) is 2. The largest absolute Gasteiger partial charge is 0.375 e. The van der Waals surface area contributed by atoms with E-state index < -0.39 is 0 Å². The number of piperidine rings is 2. The van der Waals surface area contributed by atoms with Crippen LogP contribution in [0.15, 0.2) is 12.5 Å². The fourth-order valence-electron chi connectivity index (χ4n) is 4.25. The van der Waals surface area contributed by atoms with Gasteiger partial charge in [-0.25, -0.2) is 9.97 Å².